The number of thiazole rings is 1. The molecule has 0 spiro atoms. The molecule has 2 aromatic rings. The first kappa shape index (κ1) is 17.6. The Bertz CT molecular complexity index is 843. The minimum atomic E-state index is -4.43. The monoisotopic (exact) mass is 373 g/mol. The lowest BCUT2D eigenvalue weighted by Crippen LogP contribution is -2.69. The van der Waals surface area contributed by atoms with Crippen LogP contribution in [0.15, 0.2) is 18.2 Å². The van der Waals surface area contributed by atoms with Gasteiger partial charge < -0.3 is 15.7 Å². The van der Waals surface area contributed by atoms with Gasteiger partial charge in [0, 0.05) is 12.8 Å². The van der Waals surface area contributed by atoms with Gasteiger partial charge in [0.25, 0.3) is 5.91 Å². The number of aryl methyl sites for hydroxylation is 1. The minimum absolute atomic E-state index is 0.0841. The van der Waals surface area contributed by atoms with Crippen LogP contribution in [0.4, 0.5) is 13.2 Å². The van der Waals surface area contributed by atoms with Gasteiger partial charge in [-0.15, -0.1) is 11.3 Å². The van der Waals surface area contributed by atoms with Crippen molar-refractivity contribution in [3.05, 3.63) is 28.8 Å². The van der Waals surface area contributed by atoms with Crippen LogP contribution in [0, 0.1) is 0 Å². The van der Waals surface area contributed by atoms with Gasteiger partial charge >= 0.3 is 6.18 Å². The number of β-amino-alcohol motifs (C(OH)–C–C–N with tert-alkyl or cyclic N) is 1. The van der Waals surface area contributed by atoms with Crippen LogP contribution < -0.4 is 5.73 Å². The van der Waals surface area contributed by atoms with Gasteiger partial charge in [-0.1, -0.05) is 0 Å². The fourth-order valence-corrected chi connectivity index (χ4v) is 3.49. The number of carbonyl (C=O) groups is 2. The third kappa shape index (κ3) is 3.45. The number of nitrogens with two attached hydrogens (primary N) is 1. The lowest BCUT2D eigenvalue weighted by atomic mass is 9.93. The number of fused-ring (bicyclic) bond motifs is 1. The fourth-order valence-electron chi connectivity index (χ4n) is 2.55. The van der Waals surface area contributed by atoms with E-state index in [1.807, 2.05) is 0 Å². The number of benzene rings is 1. The summed E-state index contributed by atoms with van der Waals surface area (Å²) in [5.74, 6) is -1.15. The number of aromatic nitrogens is 1. The molecule has 0 radical (unpaired) electrons. The highest BCUT2D eigenvalue weighted by molar-refractivity contribution is 7.18. The fraction of sp³-hybridized carbons (Fsp3) is 0.400. The van der Waals surface area contributed by atoms with Crippen molar-refractivity contribution in [2.75, 3.05) is 13.1 Å². The molecule has 134 valence electrons. The number of halogens is 3. The van der Waals surface area contributed by atoms with Gasteiger partial charge in [0.2, 0.25) is 5.91 Å². The third-order valence-corrected chi connectivity index (χ3v) is 5.12. The second kappa shape index (κ2) is 5.95. The molecule has 3 rings (SSSR count). The molecule has 6 nitrogen and oxygen atoms in total. The number of aliphatic hydroxyl groups is 1. The van der Waals surface area contributed by atoms with E-state index in [0.717, 1.165) is 12.1 Å². The van der Waals surface area contributed by atoms with Gasteiger partial charge in [-0.3, -0.25) is 9.59 Å². The Morgan fingerprint density at radius 3 is 2.64 bits per heavy atom. The van der Waals surface area contributed by atoms with Crippen molar-refractivity contribution in [1.82, 2.24) is 9.88 Å². The molecule has 25 heavy (non-hydrogen) atoms. The van der Waals surface area contributed by atoms with Crippen LogP contribution in [-0.2, 0) is 22.2 Å². The minimum Gasteiger partial charge on any atom is -0.377 e. The molecule has 1 saturated heterocycles. The number of nitrogens with zero attached hydrogens (tertiary/aromatic N) is 2. The first-order chi connectivity index (χ1) is 11.6. The maximum Gasteiger partial charge on any atom is 0.416 e. The molecule has 2 amide bonds. The molecule has 1 aromatic carbocycles. The van der Waals surface area contributed by atoms with Gasteiger partial charge in [0.05, 0.1) is 33.9 Å². The zero-order valence-electron chi connectivity index (χ0n) is 12.8. The van der Waals surface area contributed by atoms with Crippen molar-refractivity contribution < 1.29 is 27.9 Å². The zero-order valence-corrected chi connectivity index (χ0v) is 13.7. The second-order valence-electron chi connectivity index (χ2n) is 5.93. The van der Waals surface area contributed by atoms with E-state index in [2.05, 4.69) is 4.98 Å². The maximum absolute atomic E-state index is 12.7. The number of hydrogen-bond acceptors (Lipinski definition) is 5. The summed E-state index contributed by atoms with van der Waals surface area (Å²) in [6, 6.07) is 3.35. The van der Waals surface area contributed by atoms with E-state index in [9.17, 15) is 27.9 Å². The van der Waals surface area contributed by atoms with Crippen molar-refractivity contribution in [2.24, 2.45) is 5.73 Å². The molecule has 0 saturated carbocycles. The van der Waals surface area contributed by atoms with Crippen LogP contribution in [-0.4, -0.2) is 45.5 Å². The van der Waals surface area contributed by atoms with Crippen LogP contribution in [0.3, 0.4) is 0 Å². The Labute approximate surface area is 144 Å². The summed E-state index contributed by atoms with van der Waals surface area (Å²) in [5.41, 5.74) is 2.84. The number of hydrogen-bond donors (Lipinski definition) is 2. The molecule has 10 heteroatoms. The summed E-state index contributed by atoms with van der Waals surface area (Å²) < 4.78 is 38.7. The number of amides is 2. The average molecular weight is 373 g/mol. The second-order valence-corrected chi connectivity index (χ2v) is 7.05. The molecule has 0 unspecified atom stereocenters. The van der Waals surface area contributed by atoms with Crippen LogP contribution in [0.1, 0.15) is 17.0 Å². The number of primary amides is 1. The van der Waals surface area contributed by atoms with E-state index in [1.165, 1.54) is 22.3 Å². The van der Waals surface area contributed by atoms with E-state index in [-0.39, 0.29) is 37.4 Å². The van der Waals surface area contributed by atoms with Crippen molar-refractivity contribution in [3.63, 3.8) is 0 Å². The molecule has 1 aliphatic rings. The SMILES string of the molecule is NC(=O)C1(O)CN(C(=O)CCc2nc3cc(C(F)(F)F)ccc3s2)C1. The third-order valence-electron chi connectivity index (χ3n) is 4.03. The lowest BCUT2D eigenvalue weighted by Gasteiger charge is -2.44. The first-order valence-electron chi connectivity index (χ1n) is 7.35. The highest BCUT2D eigenvalue weighted by atomic mass is 32.1. The largest absolute Gasteiger partial charge is 0.416 e. The molecule has 1 aliphatic heterocycles. The first-order valence-corrected chi connectivity index (χ1v) is 8.17. The molecule has 0 aliphatic carbocycles. The van der Waals surface area contributed by atoms with Crippen molar-refractivity contribution in [1.29, 1.82) is 0 Å². The summed E-state index contributed by atoms with van der Waals surface area (Å²) in [7, 11) is 0. The Hall–Kier alpha value is -2.20. The van der Waals surface area contributed by atoms with Gasteiger partial charge in [-0.2, -0.15) is 13.2 Å². The maximum atomic E-state index is 12.7. The predicted molar refractivity (Wildman–Crippen MR) is 83.7 cm³/mol. The van der Waals surface area contributed by atoms with E-state index < -0.39 is 23.2 Å². The molecule has 0 bridgehead atoms. The quantitative estimate of drug-likeness (QED) is 0.844. The van der Waals surface area contributed by atoms with Crippen LogP contribution in [0.5, 0.6) is 0 Å². The van der Waals surface area contributed by atoms with Crippen LogP contribution in [0.25, 0.3) is 10.2 Å². The summed E-state index contributed by atoms with van der Waals surface area (Å²) in [6.07, 6.45) is -4.07. The van der Waals surface area contributed by atoms with E-state index in [1.54, 1.807) is 0 Å². The standard InChI is InChI=1S/C15H14F3N3O3S/c16-15(17,18)8-1-2-10-9(5-8)20-11(25-10)3-4-12(22)21-6-14(24,7-21)13(19)23/h1-2,5,24H,3-4,6-7H2,(H2,19,23). The van der Waals surface area contributed by atoms with Crippen molar-refractivity contribution in [2.45, 2.75) is 24.6 Å². The summed E-state index contributed by atoms with van der Waals surface area (Å²) >= 11 is 1.23. The average Bonchev–Trinajstić information content (AvgIpc) is 2.90. The van der Waals surface area contributed by atoms with Crippen molar-refractivity contribution >= 4 is 33.4 Å². The molecular formula is C15H14F3N3O3S. The molecule has 1 fully saturated rings. The van der Waals surface area contributed by atoms with Crippen LogP contribution in [0.2, 0.25) is 0 Å². The molecule has 1 aromatic heterocycles. The Morgan fingerprint density at radius 2 is 2.04 bits per heavy atom. The summed E-state index contributed by atoms with van der Waals surface area (Å²) in [6.45, 7) is -0.286. The number of alkyl halides is 3. The van der Waals surface area contributed by atoms with Gasteiger partial charge in [0.1, 0.15) is 0 Å². The number of rotatable bonds is 4. The molecule has 2 heterocycles. The lowest BCUT2D eigenvalue weighted by molar-refractivity contribution is -0.166. The Balaban J connectivity index is 1.62. The number of likely N-dealkylation sites (tertiary alicyclic amines) is 1. The Morgan fingerprint density at radius 1 is 1.36 bits per heavy atom. The van der Waals surface area contributed by atoms with Gasteiger partial charge in [-0.05, 0) is 18.2 Å². The summed E-state index contributed by atoms with van der Waals surface area (Å²) in [4.78, 5) is 28.4. The summed E-state index contributed by atoms with van der Waals surface area (Å²) in [5, 5.41) is 10.3. The predicted octanol–water partition coefficient (Wildman–Crippen LogP) is 1.31. The number of carbonyl (C=O) groups excluding carboxylic acids is 2. The Kier molecular flexibility index (Phi) is 4.20. The normalized spacial score (nSPS) is 16.7. The van der Waals surface area contributed by atoms with E-state index >= 15 is 0 Å². The van der Waals surface area contributed by atoms with Gasteiger partial charge in [-0.25, -0.2) is 4.98 Å². The van der Waals surface area contributed by atoms with E-state index in [0.29, 0.717) is 9.71 Å². The highest BCUT2D eigenvalue weighted by Gasteiger charge is 2.48. The van der Waals surface area contributed by atoms with Crippen LogP contribution >= 0.6 is 11.3 Å². The zero-order chi connectivity index (χ0) is 18.4. The van der Waals surface area contributed by atoms with E-state index in [4.69, 9.17) is 5.73 Å². The van der Waals surface area contributed by atoms with Crippen molar-refractivity contribution in [3.8, 4) is 0 Å². The topological polar surface area (TPSA) is 96.5 Å². The molecular weight excluding hydrogens is 359 g/mol. The molecule has 0 atom stereocenters. The highest BCUT2D eigenvalue weighted by Crippen LogP contribution is 2.33. The smallest absolute Gasteiger partial charge is 0.377 e. The molecule has 3 N–H and O–H groups in total. The van der Waals surface area contributed by atoms with Gasteiger partial charge in [0.15, 0.2) is 5.60 Å².